The maximum absolute atomic E-state index is 11.2. The van der Waals surface area contributed by atoms with Crippen molar-refractivity contribution in [3.05, 3.63) is 33.9 Å². The molecule has 6 heteroatoms. The van der Waals surface area contributed by atoms with Crippen LogP contribution in [0.15, 0.2) is 18.2 Å². The molecule has 1 N–H and O–H groups in total. The molecular weight excluding hydrogens is 297 g/mol. The van der Waals surface area contributed by atoms with Crippen molar-refractivity contribution in [2.45, 2.75) is 25.5 Å². The third-order valence-corrected chi connectivity index (χ3v) is 4.93. The Bertz CT molecular complexity index is 459. The number of aromatic carboxylic acids is 1. The predicted molar refractivity (Wildman–Crippen MR) is 69.7 cm³/mol. The molecule has 0 bridgehead atoms. The zero-order chi connectivity index (χ0) is 13.7. The number of carbonyl (C=O) groups is 1. The Morgan fingerprint density at radius 2 is 2.17 bits per heavy atom. The summed E-state index contributed by atoms with van der Waals surface area (Å²) in [4.78, 5) is 21.3. The average molecular weight is 312 g/mol. The first-order valence-corrected chi connectivity index (χ1v) is 7.88. The van der Waals surface area contributed by atoms with E-state index in [0.29, 0.717) is 10.3 Å². The number of rotatable bonds is 6. The molecule has 0 heterocycles. The average Bonchev–Trinajstić information content (AvgIpc) is 2.27. The SMILES string of the molecule is CC(C)CC[As]c1cccc([N+](=O)[O-])c1C(=O)O. The van der Waals surface area contributed by atoms with Crippen LogP contribution in [0.3, 0.4) is 0 Å². The van der Waals surface area contributed by atoms with Crippen LogP contribution in [0.2, 0.25) is 5.21 Å². The van der Waals surface area contributed by atoms with Gasteiger partial charge in [-0.3, -0.25) is 0 Å². The van der Waals surface area contributed by atoms with E-state index < -0.39 is 10.9 Å². The molecule has 0 aromatic heterocycles. The van der Waals surface area contributed by atoms with Crippen LogP contribution in [-0.2, 0) is 0 Å². The summed E-state index contributed by atoms with van der Waals surface area (Å²) in [6.45, 7) is 4.21. The number of hydrogen-bond donors (Lipinski definition) is 1. The predicted octanol–water partition coefficient (Wildman–Crippen LogP) is 2.09. The molecule has 0 aliphatic heterocycles. The molecule has 0 unspecified atom stereocenters. The van der Waals surface area contributed by atoms with Crippen molar-refractivity contribution < 1.29 is 14.8 Å². The van der Waals surface area contributed by atoms with Gasteiger partial charge in [0.25, 0.3) is 0 Å². The summed E-state index contributed by atoms with van der Waals surface area (Å²) in [5, 5.41) is 20.9. The van der Waals surface area contributed by atoms with Crippen molar-refractivity contribution in [2.24, 2.45) is 5.92 Å². The molecule has 0 fully saturated rings. The van der Waals surface area contributed by atoms with Gasteiger partial charge in [-0.25, -0.2) is 0 Å². The van der Waals surface area contributed by atoms with Crippen LogP contribution in [0.5, 0.6) is 0 Å². The molecule has 0 atom stereocenters. The van der Waals surface area contributed by atoms with Crippen molar-refractivity contribution in [3.63, 3.8) is 0 Å². The summed E-state index contributed by atoms with van der Waals surface area (Å²) in [7, 11) is 0. The third-order valence-electron chi connectivity index (χ3n) is 2.42. The van der Waals surface area contributed by atoms with Crippen LogP contribution in [0.4, 0.5) is 5.69 Å². The minimum atomic E-state index is -1.21. The van der Waals surface area contributed by atoms with E-state index in [4.69, 9.17) is 5.11 Å². The van der Waals surface area contributed by atoms with Crippen LogP contribution < -0.4 is 4.35 Å². The molecule has 0 aliphatic carbocycles. The molecule has 97 valence electrons. The van der Waals surface area contributed by atoms with Gasteiger partial charge in [-0.2, -0.15) is 0 Å². The van der Waals surface area contributed by atoms with E-state index in [9.17, 15) is 14.9 Å². The first-order chi connectivity index (χ1) is 8.43. The van der Waals surface area contributed by atoms with E-state index in [1.807, 2.05) is 0 Å². The minimum absolute atomic E-state index is 0.133. The van der Waals surface area contributed by atoms with Crippen LogP contribution in [-0.4, -0.2) is 31.8 Å². The van der Waals surface area contributed by atoms with Crippen LogP contribution in [0, 0.1) is 16.0 Å². The van der Waals surface area contributed by atoms with Gasteiger partial charge in [0.1, 0.15) is 0 Å². The number of nitrogens with zero attached hydrogens (tertiary/aromatic N) is 1. The van der Waals surface area contributed by atoms with E-state index in [2.05, 4.69) is 13.8 Å². The molecule has 5 nitrogen and oxygen atoms in total. The van der Waals surface area contributed by atoms with Gasteiger partial charge < -0.3 is 0 Å². The van der Waals surface area contributed by atoms with Gasteiger partial charge in [-0.05, 0) is 0 Å². The molecular formula is C12H15AsNO4. The van der Waals surface area contributed by atoms with E-state index in [0.717, 1.165) is 11.6 Å². The quantitative estimate of drug-likeness (QED) is 0.495. The second kappa shape index (κ2) is 6.55. The Kier molecular flexibility index (Phi) is 5.35. The topological polar surface area (TPSA) is 80.4 Å². The molecule has 18 heavy (non-hydrogen) atoms. The van der Waals surface area contributed by atoms with Gasteiger partial charge in [0, 0.05) is 0 Å². The zero-order valence-corrected chi connectivity index (χ0v) is 12.2. The Labute approximate surface area is 112 Å². The molecule has 1 rings (SSSR count). The fourth-order valence-corrected chi connectivity index (χ4v) is 4.51. The number of benzene rings is 1. The number of carboxylic acids is 1. The summed E-state index contributed by atoms with van der Waals surface area (Å²) in [5.74, 6) is -0.649. The standard InChI is InChI=1S/C12H15AsNO4/c1-8(2)6-7-13-9-4-3-5-10(14(17)18)11(9)12(15)16/h3-5,8H,6-7H2,1-2H3,(H,15,16). The Hall–Kier alpha value is -1.35. The molecule has 0 saturated carbocycles. The summed E-state index contributed by atoms with van der Waals surface area (Å²) in [6.07, 6.45) is 1.02. The van der Waals surface area contributed by atoms with Crippen molar-refractivity contribution >= 4 is 31.8 Å². The monoisotopic (exact) mass is 312 g/mol. The zero-order valence-electron chi connectivity index (χ0n) is 10.3. The van der Waals surface area contributed by atoms with Crippen molar-refractivity contribution in [1.82, 2.24) is 0 Å². The van der Waals surface area contributed by atoms with Gasteiger partial charge >= 0.3 is 112 Å². The fraction of sp³-hybridized carbons (Fsp3) is 0.417. The Morgan fingerprint density at radius 3 is 2.67 bits per heavy atom. The summed E-state index contributed by atoms with van der Waals surface area (Å²) >= 11 is -0.335. The second-order valence-electron chi connectivity index (χ2n) is 4.30. The summed E-state index contributed by atoms with van der Waals surface area (Å²) < 4.78 is 0.633. The van der Waals surface area contributed by atoms with E-state index in [1.165, 1.54) is 6.07 Å². The third kappa shape index (κ3) is 3.84. The van der Waals surface area contributed by atoms with Gasteiger partial charge in [0.15, 0.2) is 0 Å². The van der Waals surface area contributed by atoms with Gasteiger partial charge in [0.05, 0.1) is 0 Å². The molecule has 1 radical (unpaired) electrons. The second-order valence-corrected chi connectivity index (χ2v) is 6.91. The van der Waals surface area contributed by atoms with Crippen LogP contribution in [0.25, 0.3) is 0 Å². The van der Waals surface area contributed by atoms with Gasteiger partial charge in [-0.1, -0.05) is 0 Å². The van der Waals surface area contributed by atoms with Crippen LogP contribution >= 0.6 is 0 Å². The Balaban J connectivity index is 3.00. The van der Waals surface area contributed by atoms with Crippen molar-refractivity contribution in [2.75, 3.05) is 0 Å². The number of nitro benzene ring substituents is 1. The first kappa shape index (κ1) is 14.7. The normalized spacial score (nSPS) is 11.3. The fourth-order valence-electron chi connectivity index (χ4n) is 1.47. The molecule has 1 aromatic carbocycles. The summed E-state index contributed by atoms with van der Waals surface area (Å²) in [5.41, 5.74) is -0.439. The van der Waals surface area contributed by atoms with E-state index in [-0.39, 0.29) is 27.0 Å². The number of carboxylic acid groups (broad SMARTS) is 1. The van der Waals surface area contributed by atoms with Crippen molar-refractivity contribution in [1.29, 1.82) is 0 Å². The molecule has 0 amide bonds. The van der Waals surface area contributed by atoms with Gasteiger partial charge in [-0.15, -0.1) is 0 Å². The van der Waals surface area contributed by atoms with Gasteiger partial charge in [0.2, 0.25) is 0 Å². The van der Waals surface area contributed by atoms with E-state index >= 15 is 0 Å². The maximum atomic E-state index is 11.2. The number of hydrogen-bond acceptors (Lipinski definition) is 3. The number of nitro groups is 1. The van der Waals surface area contributed by atoms with Crippen LogP contribution in [0.1, 0.15) is 30.6 Å². The van der Waals surface area contributed by atoms with Crippen molar-refractivity contribution in [3.8, 4) is 0 Å². The molecule has 0 aliphatic rings. The summed E-state index contributed by atoms with van der Waals surface area (Å²) in [6, 6.07) is 4.50. The first-order valence-electron chi connectivity index (χ1n) is 5.61. The molecule has 1 aromatic rings. The van der Waals surface area contributed by atoms with E-state index in [1.54, 1.807) is 12.1 Å². The molecule has 0 spiro atoms. The molecule has 0 saturated heterocycles. The Morgan fingerprint density at radius 1 is 1.50 bits per heavy atom.